The van der Waals surface area contributed by atoms with Crippen LogP contribution in [-0.2, 0) is 0 Å². The Kier molecular flexibility index (Phi) is 4.70. The van der Waals surface area contributed by atoms with Crippen LogP contribution < -0.4 is 0 Å². The maximum atomic E-state index is 12.9. The van der Waals surface area contributed by atoms with E-state index in [-0.39, 0.29) is 17.6 Å². The number of hydrogen-bond donors (Lipinski definition) is 0. The number of ketones is 1. The van der Waals surface area contributed by atoms with Gasteiger partial charge in [-0.3, -0.25) is 9.69 Å². The molecule has 0 N–H and O–H groups in total. The van der Waals surface area contributed by atoms with E-state index in [4.69, 9.17) is 0 Å². The summed E-state index contributed by atoms with van der Waals surface area (Å²) in [6.07, 6.45) is 4.66. The second-order valence-electron chi connectivity index (χ2n) is 5.37. The van der Waals surface area contributed by atoms with Gasteiger partial charge in [-0.2, -0.15) is 0 Å². The van der Waals surface area contributed by atoms with E-state index in [9.17, 15) is 9.18 Å². The van der Waals surface area contributed by atoms with E-state index in [0.29, 0.717) is 11.6 Å². The Bertz CT molecular complexity index is 425. The predicted molar refractivity (Wildman–Crippen MR) is 74.8 cm³/mol. The number of hydrogen-bond acceptors (Lipinski definition) is 2. The summed E-state index contributed by atoms with van der Waals surface area (Å²) in [5.74, 6) is -0.197. The lowest BCUT2D eigenvalue weighted by molar-refractivity contribution is 0.0824. The molecule has 1 fully saturated rings. The minimum atomic E-state index is -0.297. The zero-order chi connectivity index (χ0) is 13.8. The first-order chi connectivity index (χ1) is 9.13. The van der Waals surface area contributed by atoms with Gasteiger partial charge in [-0.15, -0.1) is 0 Å². The van der Waals surface area contributed by atoms with Gasteiger partial charge in [0.05, 0.1) is 6.04 Å². The molecule has 1 aliphatic rings. The number of carbonyl (C=O) groups is 1. The SMILES string of the molecule is CCCCN(C1CC1)C(C)C(=O)c1ccc(F)cc1. The Morgan fingerprint density at radius 1 is 1.37 bits per heavy atom. The van der Waals surface area contributed by atoms with Gasteiger partial charge in [0.1, 0.15) is 5.82 Å². The molecule has 2 nitrogen and oxygen atoms in total. The Morgan fingerprint density at radius 2 is 2.00 bits per heavy atom. The number of benzene rings is 1. The standard InChI is InChI=1S/C16H22FNO/c1-3-4-11-18(15-9-10-15)12(2)16(19)13-5-7-14(17)8-6-13/h5-8,12,15H,3-4,9-11H2,1-2H3. The maximum absolute atomic E-state index is 12.9. The second-order valence-corrected chi connectivity index (χ2v) is 5.37. The average molecular weight is 263 g/mol. The van der Waals surface area contributed by atoms with Crippen LogP contribution in [0.4, 0.5) is 4.39 Å². The van der Waals surface area contributed by atoms with Crippen molar-refractivity contribution in [3.8, 4) is 0 Å². The van der Waals surface area contributed by atoms with E-state index in [2.05, 4.69) is 11.8 Å². The topological polar surface area (TPSA) is 20.3 Å². The molecule has 2 rings (SSSR count). The summed E-state index contributed by atoms with van der Waals surface area (Å²) in [5.41, 5.74) is 0.607. The molecule has 104 valence electrons. The summed E-state index contributed by atoms with van der Waals surface area (Å²) in [7, 11) is 0. The first-order valence-electron chi connectivity index (χ1n) is 7.19. The molecule has 0 aromatic heterocycles. The fraction of sp³-hybridized carbons (Fsp3) is 0.562. The molecule has 3 heteroatoms. The molecule has 1 atom stereocenters. The van der Waals surface area contributed by atoms with Crippen LogP contribution in [0.25, 0.3) is 0 Å². The zero-order valence-electron chi connectivity index (χ0n) is 11.7. The molecule has 0 spiro atoms. The minimum absolute atomic E-state index is 0.100. The van der Waals surface area contributed by atoms with Gasteiger partial charge in [-0.05, 0) is 57.0 Å². The Morgan fingerprint density at radius 3 is 2.53 bits per heavy atom. The van der Waals surface area contributed by atoms with Crippen LogP contribution in [0.2, 0.25) is 0 Å². The maximum Gasteiger partial charge on any atom is 0.179 e. The largest absolute Gasteiger partial charge is 0.292 e. The van der Waals surface area contributed by atoms with E-state index < -0.39 is 0 Å². The molecular formula is C16H22FNO. The van der Waals surface area contributed by atoms with E-state index >= 15 is 0 Å². The lowest BCUT2D eigenvalue weighted by atomic mass is 10.0. The van der Waals surface area contributed by atoms with Crippen LogP contribution in [0.1, 0.15) is 49.9 Å². The van der Waals surface area contributed by atoms with Gasteiger partial charge >= 0.3 is 0 Å². The molecular weight excluding hydrogens is 241 g/mol. The first-order valence-corrected chi connectivity index (χ1v) is 7.19. The van der Waals surface area contributed by atoms with Crippen molar-refractivity contribution in [3.63, 3.8) is 0 Å². The van der Waals surface area contributed by atoms with Crippen LogP contribution in [-0.4, -0.2) is 29.3 Å². The molecule has 1 aliphatic carbocycles. The van der Waals surface area contributed by atoms with Crippen molar-refractivity contribution < 1.29 is 9.18 Å². The highest BCUT2D eigenvalue weighted by Crippen LogP contribution is 2.29. The second kappa shape index (κ2) is 6.29. The van der Waals surface area contributed by atoms with E-state index in [1.807, 2.05) is 6.92 Å². The van der Waals surface area contributed by atoms with Crippen molar-refractivity contribution in [2.75, 3.05) is 6.54 Å². The Balaban J connectivity index is 2.05. The molecule has 0 amide bonds. The number of halogens is 1. The molecule has 0 saturated heterocycles. The van der Waals surface area contributed by atoms with Crippen molar-refractivity contribution >= 4 is 5.78 Å². The van der Waals surface area contributed by atoms with Gasteiger partial charge in [-0.1, -0.05) is 13.3 Å². The van der Waals surface area contributed by atoms with Crippen LogP contribution in [0.15, 0.2) is 24.3 Å². The van der Waals surface area contributed by atoms with E-state index in [1.165, 1.54) is 25.0 Å². The van der Waals surface area contributed by atoms with Gasteiger partial charge in [0, 0.05) is 11.6 Å². The molecule has 1 saturated carbocycles. The van der Waals surface area contributed by atoms with Gasteiger partial charge in [-0.25, -0.2) is 4.39 Å². The molecule has 0 aliphatic heterocycles. The molecule has 0 heterocycles. The Labute approximate surface area is 114 Å². The molecule has 19 heavy (non-hydrogen) atoms. The summed E-state index contributed by atoms with van der Waals surface area (Å²) in [5, 5.41) is 0. The summed E-state index contributed by atoms with van der Waals surface area (Å²) >= 11 is 0. The third-order valence-corrected chi connectivity index (χ3v) is 3.79. The normalized spacial score (nSPS) is 16.6. The van der Waals surface area contributed by atoms with Crippen molar-refractivity contribution in [1.82, 2.24) is 4.90 Å². The van der Waals surface area contributed by atoms with Crippen molar-refractivity contribution in [1.29, 1.82) is 0 Å². The molecule has 0 radical (unpaired) electrons. The van der Waals surface area contributed by atoms with Crippen LogP contribution in [0.5, 0.6) is 0 Å². The first kappa shape index (κ1) is 14.2. The van der Waals surface area contributed by atoms with Crippen LogP contribution >= 0.6 is 0 Å². The minimum Gasteiger partial charge on any atom is -0.292 e. The smallest absolute Gasteiger partial charge is 0.179 e. The quantitative estimate of drug-likeness (QED) is 0.700. The van der Waals surface area contributed by atoms with E-state index in [1.54, 1.807) is 12.1 Å². The third kappa shape index (κ3) is 3.63. The molecule has 1 aromatic carbocycles. The number of nitrogens with zero attached hydrogens (tertiary/aromatic N) is 1. The van der Waals surface area contributed by atoms with Gasteiger partial charge in [0.15, 0.2) is 5.78 Å². The fourth-order valence-electron chi connectivity index (χ4n) is 2.45. The van der Waals surface area contributed by atoms with Crippen LogP contribution in [0.3, 0.4) is 0 Å². The number of rotatable bonds is 7. The number of carbonyl (C=O) groups excluding carboxylic acids is 1. The summed E-state index contributed by atoms with van der Waals surface area (Å²) in [6, 6.07) is 6.34. The monoisotopic (exact) mass is 263 g/mol. The highest BCUT2D eigenvalue weighted by Gasteiger charge is 2.34. The summed E-state index contributed by atoms with van der Waals surface area (Å²) < 4.78 is 12.9. The highest BCUT2D eigenvalue weighted by atomic mass is 19.1. The van der Waals surface area contributed by atoms with E-state index in [0.717, 1.165) is 19.4 Å². The molecule has 1 unspecified atom stereocenters. The lowest BCUT2D eigenvalue weighted by Crippen LogP contribution is -2.41. The predicted octanol–water partition coefficient (Wildman–Crippen LogP) is 3.66. The van der Waals surface area contributed by atoms with Gasteiger partial charge in [0.25, 0.3) is 0 Å². The fourth-order valence-corrected chi connectivity index (χ4v) is 2.45. The lowest BCUT2D eigenvalue weighted by Gasteiger charge is -2.28. The van der Waals surface area contributed by atoms with Crippen molar-refractivity contribution in [2.24, 2.45) is 0 Å². The van der Waals surface area contributed by atoms with Crippen molar-refractivity contribution in [3.05, 3.63) is 35.6 Å². The summed E-state index contributed by atoms with van der Waals surface area (Å²) in [4.78, 5) is 14.7. The number of Topliss-reactive ketones (excluding diaryl/α,β-unsaturated/α-hetero) is 1. The highest BCUT2D eigenvalue weighted by molar-refractivity contribution is 5.99. The van der Waals surface area contributed by atoms with Crippen molar-refractivity contribution in [2.45, 2.75) is 51.6 Å². The van der Waals surface area contributed by atoms with Gasteiger partial charge < -0.3 is 0 Å². The number of unbranched alkanes of at least 4 members (excludes halogenated alkanes) is 1. The average Bonchev–Trinajstić information content (AvgIpc) is 3.23. The third-order valence-electron chi connectivity index (χ3n) is 3.79. The zero-order valence-corrected chi connectivity index (χ0v) is 11.7. The molecule has 0 bridgehead atoms. The molecule has 1 aromatic rings. The van der Waals surface area contributed by atoms with Crippen LogP contribution in [0, 0.1) is 5.82 Å². The van der Waals surface area contributed by atoms with Gasteiger partial charge in [0.2, 0.25) is 0 Å². The Hall–Kier alpha value is -1.22. The summed E-state index contributed by atoms with van der Waals surface area (Å²) in [6.45, 7) is 5.12.